The number of rotatable bonds is 6. The van der Waals surface area contributed by atoms with Crippen molar-refractivity contribution in [2.24, 2.45) is 0 Å². The van der Waals surface area contributed by atoms with Gasteiger partial charge in [-0.2, -0.15) is 14.8 Å². The topological polar surface area (TPSA) is 103 Å². The molecule has 0 fully saturated rings. The molecule has 0 aliphatic heterocycles. The summed E-state index contributed by atoms with van der Waals surface area (Å²) in [5, 5.41) is 7.63. The van der Waals surface area contributed by atoms with E-state index in [1.807, 2.05) is 6.92 Å². The van der Waals surface area contributed by atoms with Crippen LogP contribution in [0, 0.1) is 6.92 Å². The predicted molar refractivity (Wildman–Crippen MR) is 70.3 cm³/mol. The second kappa shape index (κ2) is 5.71. The zero-order valence-corrected chi connectivity index (χ0v) is 12.4. The van der Waals surface area contributed by atoms with E-state index in [2.05, 4.69) is 20.0 Å². The average Bonchev–Trinajstić information content (AvgIpc) is 2.98. The third-order valence-electron chi connectivity index (χ3n) is 2.62. The van der Waals surface area contributed by atoms with Crippen molar-refractivity contribution in [3.05, 3.63) is 24.1 Å². The molecule has 2 heterocycles. The van der Waals surface area contributed by atoms with Gasteiger partial charge in [0.15, 0.2) is 5.82 Å². The Morgan fingerprint density at radius 3 is 2.85 bits per heavy atom. The lowest BCUT2D eigenvalue weighted by molar-refractivity contribution is 0.351. The maximum atomic E-state index is 12.2. The lowest BCUT2D eigenvalue weighted by Gasteiger charge is -2.08. The van der Waals surface area contributed by atoms with Crippen LogP contribution in [0.15, 0.2) is 21.8 Å². The van der Waals surface area contributed by atoms with Crippen molar-refractivity contribution < 1.29 is 12.9 Å². The Morgan fingerprint density at radius 2 is 2.25 bits per heavy atom. The summed E-state index contributed by atoms with van der Waals surface area (Å²) in [7, 11) is -3.66. The van der Waals surface area contributed by atoms with Gasteiger partial charge in [-0.05, 0) is 20.3 Å². The van der Waals surface area contributed by atoms with Gasteiger partial charge in [0.05, 0.1) is 12.2 Å². The van der Waals surface area contributed by atoms with Gasteiger partial charge in [0.2, 0.25) is 15.9 Å². The summed E-state index contributed by atoms with van der Waals surface area (Å²) in [4.78, 5) is 4.12. The van der Waals surface area contributed by atoms with Crippen molar-refractivity contribution in [1.29, 1.82) is 0 Å². The minimum absolute atomic E-state index is 0.119. The quantitative estimate of drug-likeness (QED) is 0.854. The van der Waals surface area contributed by atoms with Crippen LogP contribution in [0.3, 0.4) is 0 Å². The Balaban J connectivity index is 2.13. The molecule has 2 rings (SSSR count). The smallest absolute Gasteiger partial charge is 0.244 e. The average molecular weight is 299 g/mol. The normalized spacial score (nSPS) is 13.6. The molecule has 1 N–H and O–H groups in total. The third kappa shape index (κ3) is 3.23. The second-order valence-electron chi connectivity index (χ2n) is 4.46. The minimum atomic E-state index is -3.66. The van der Waals surface area contributed by atoms with E-state index in [0.717, 1.165) is 6.42 Å². The number of sulfonamides is 1. The van der Waals surface area contributed by atoms with Crippen LogP contribution in [-0.2, 0) is 16.6 Å². The van der Waals surface area contributed by atoms with Crippen molar-refractivity contribution in [1.82, 2.24) is 24.6 Å². The molecule has 0 saturated heterocycles. The molecular formula is C11H17N5O3S. The van der Waals surface area contributed by atoms with Crippen LogP contribution in [-0.4, -0.2) is 28.3 Å². The number of nitrogens with zero attached hydrogens (tertiary/aromatic N) is 4. The first-order valence-electron chi connectivity index (χ1n) is 6.27. The fraction of sp³-hybridized carbons (Fsp3) is 0.545. The number of hydrogen-bond donors (Lipinski definition) is 1. The van der Waals surface area contributed by atoms with Crippen molar-refractivity contribution in [3.8, 4) is 0 Å². The van der Waals surface area contributed by atoms with E-state index in [0.29, 0.717) is 12.4 Å². The highest BCUT2D eigenvalue weighted by atomic mass is 32.2. The standard InChI is InChI=1S/C11H17N5O3S/c1-4-5-16-7-10(6-12-16)20(17,18)15-8(2)11-13-9(3)14-19-11/h6-8,15H,4-5H2,1-3H3. The largest absolute Gasteiger partial charge is 0.338 e. The zero-order valence-electron chi connectivity index (χ0n) is 11.6. The molecule has 8 nitrogen and oxygen atoms in total. The van der Waals surface area contributed by atoms with Crippen LogP contribution >= 0.6 is 0 Å². The van der Waals surface area contributed by atoms with Gasteiger partial charge in [0.25, 0.3) is 0 Å². The fourth-order valence-electron chi connectivity index (χ4n) is 1.67. The van der Waals surface area contributed by atoms with Gasteiger partial charge in [-0.15, -0.1) is 0 Å². The molecule has 0 amide bonds. The van der Waals surface area contributed by atoms with E-state index in [9.17, 15) is 8.42 Å². The summed E-state index contributed by atoms with van der Waals surface area (Å²) in [5.41, 5.74) is 0. The fourth-order valence-corrected chi connectivity index (χ4v) is 2.82. The van der Waals surface area contributed by atoms with Gasteiger partial charge in [-0.25, -0.2) is 8.42 Å². The Labute approximate surface area is 117 Å². The van der Waals surface area contributed by atoms with Crippen molar-refractivity contribution >= 4 is 10.0 Å². The lowest BCUT2D eigenvalue weighted by atomic mass is 10.4. The molecule has 0 aliphatic rings. The Morgan fingerprint density at radius 1 is 1.50 bits per heavy atom. The molecule has 1 atom stereocenters. The maximum Gasteiger partial charge on any atom is 0.244 e. The summed E-state index contributed by atoms with van der Waals surface area (Å²) in [6.07, 6.45) is 3.70. The molecule has 0 spiro atoms. The Hall–Kier alpha value is -1.74. The minimum Gasteiger partial charge on any atom is -0.338 e. The van der Waals surface area contributed by atoms with E-state index < -0.39 is 16.1 Å². The van der Waals surface area contributed by atoms with E-state index in [-0.39, 0.29) is 10.8 Å². The van der Waals surface area contributed by atoms with Gasteiger partial charge in [-0.1, -0.05) is 12.1 Å². The van der Waals surface area contributed by atoms with Crippen LogP contribution in [0.5, 0.6) is 0 Å². The van der Waals surface area contributed by atoms with Crippen LogP contribution in [0.25, 0.3) is 0 Å². The molecule has 2 aromatic heterocycles. The van der Waals surface area contributed by atoms with Crippen LogP contribution < -0.4 is 4.72 Å². The molecule has 2 aromatic rings. The van der Waals surface area contributed by atoms with Gasteiger partial charge in [0, 0.05) is 12.7 Å². The lowest BCUT2D eigenvalue weighted by Crippen LogP contribution is -2.26. The second-order valence-corrected chi connectivity index (χ2v) is 6.18. The summed E-state index contributed by atoms with van der Waals surface area (Å²) in [6, 6.07) is -0.601. The van der Waals surface area contributed by atoms with Gasteiger partial charge < -0.3 is 4.52 Å². The molecule has 0 bridgehead atoms. The van der Waals surface area contributed by atoms with E-state index in [1.165, 1.54) is 12.4 Å². The number of aryl methyl sites for hydroxylation is 2. The SMILES string of the molecule is CCCn1cc(S(=O)(=O)NC(C)c2nc(C)no2)cn1. The highest BCUT2D eigenvalue weighted by Gasteiger charge is 2.23. The van der Waals surface area contributed by atoms with Crippen LogP contribution in [0.4, 0.5) is 0 Å². The zero-order chi connectivity index (χ0) is 14.8. The molecular weight excluding hydrogens is 282 g/mol. The highest BCUT2D eigenvalue weighted by molar-refractivity contribution is 7.89. The first-order valence-corrected chi connectivity index (χ1v) is 7.75. The van der Waals surface area contributed by atoms with Gasteiger partial charge in [0.1, 0.15) is 4.90 Å². The first kappa shape index (κ1) is 14.7. The number of aromatic nitrogens is 4. The summed E-state index contributed by atoms with van der Waals surface area (Å²) in [5.74, 6) is 0.689. The third-order valence-corrected chi connectivity index (χ3v) is 4.11. The van der Waals surface area contributed by atoms with Crippen molar-refractivity contribution in [3.63, 3.8) is 0 Å². The predicted octanol–water partition coefficient (Wildman–Crippen LogP) is 1.02. The molecule has 0 saturated carbocycles. The molecule has 1 unspecified atom stereocenters. The molecule has 0 aromatic carbocycles. The van der Waals surface area contributed by atoms with Crippen molar-refractivity contribution in [2.45, 2.75) is 44.7 Å². The number of nitrogens with one attached hydrogen (secondary N) is 1. The molecule has 20 heavy (non-hydrogen) atoms. The van der Waals surface area contributed by atoms with Gasteiger partial charge in [-0.3, -0.25) is 4.68 Å². The number of hydrogen-bond acceptors (Lipinski definition) is 6. The summed E-state index contributed by atoms with van der Waals surface area (Å²) in [6.45, 7) is 5.98. The molecule has 9 heteroatoms. The van der Waals surface area contributed by atoms with E-state index >= 15 is 0 Å². The molecule has 0 radical (unpaired) electrons. The van der Waals surface area contributed by atoms with E-state index in [4.69, 9.17) is 4.52 Å². The summed E-state index contributed by atoms with van der Waals surface area (Å²) < 4.78 is 33.4. The van der Waals surface area contributed by atoms with Crippen LogP contribution in [0.2, 0.25) is 0 Å². The Bertz CT molecular complexity index is 676. The van der Waals surface area contributed by atoms with Gasteiger partial charge >= 0.3 is 0 Å². The maximum absolute atomic E-state index is 12.2. The highest BCUT2D eigenvalue weighted by Crippen LogP contribution is 2.15. The first-order chi connectivity index (χ1) is 9.42. The van der Waals surface area contributed by atoms with Crippen molar-refractivity contribution in [2.75, 3.05) is 0 Å². The monoisotopic (exact) mass is 299 g/mol. The summed E-state index contributed by atoms with van der Waals surface area (Å²) >= 11 is 0. The molecule has 0 aliphatic carbocycles. The van der Waals surface area contributed by atoms with Crippen LogP contribution in [0.1, 0.15) is 38.0 Å². The van der Waals surface area contributed by atoms with E-state index in [1.54, 1.807) is 18.5 Å². The molecule has 110 valence electrons. The Kier molecular flexibility index (Phi) is 4.19.